The molecule has 1 heterocycles. The molecular weight excluding hydrogens is 318 g/mol. The van der Waals surface area contributed by atoms with Gasteiger partial charge >= 0.3 is 0 Å². The van der Waals surface area contributed by atoms with Gasteiger partial charge in [-0.2, -0.15) is 13.8 Å². The number of carbonyl (C=O) groups excluding carboxylic acids is 1. The minimum absolute atomic E-state index is 0.159. The van der Waals surface area contributed by atoms with Crippen LogP contribution in [0, 0.1) is 18.8 Å². The highest BCUT2D eigenvalue weighted by molar-refractivity contribution is 9.10. The second-order valence-corrected chi connectivity index (χ2v) is 4.80. The zero-order chi connectivity index (χ0) is 14.0. The molecule has 6 heteroatoms. The summed E-state index contributed by atoms with van der Waals surface area (Å²) in [6.45, 7) is 1.76. The van der Waals surface area contributed by atoms with Crippen molar-refractivity contribution >= 4 is 27.5 Å². The Morgan fingerprint density at radius 3 is 2.63 bits per heavy atom. The van der Waals surface area contributed by atoms with Gasteiger partial charge in [-0.3, -0.25) is 4.79 Å². The van der Waals surface area contributed by atoms with Gasteiger partial charge in [0.1, 0.15) is 0 Å². The number of benzene rings is 1. The fraction of sp³-hybridized carbons (Fsp3) is 0.0769. The molecule has 0 aliphatic carbocycles. The van der Waals surface area contributed by atoms with E-state index < -0.39 is 17.8 Å². The number of carbonyl (C=O) groups is 1. The van der Waals surface area contributed by atoms with Gasteiger partial charge in [-0.15, -0.1) is 0 Å². The van der Waals surface area contributed by atoms with Crippen molar-refractivity contribution in [1.82, 2.24) is 4.98 Å². The molecule has 2 rings (SSSR count). The lowest BCUT2D eigenvalue weighted by Crippen LogP contribution is -2.15. The van der Waals surface area contributed by atoms with Gasteiger partial charge in [-0.25, -0.2) is 0 Å². The summed E-state index contributed by atoms with van der Waals surface area (Å²) in [7, 11) is 0. The quantitative estimate of drug-likeness (QED) is 0.855. The van der Waals surface area contributed by atoms with Gasteiger partial charge in [0.25, 0.3) is 5.91 Å². The summed E-state index contributed by atoms with van der Waals surface area (Å²) in [5, 5.41) is 2.36. The summed E-state index contributed by atoms with van der Waals surface area (Å²) < 4.78 is 26.8. The average molecular weight is 327 g/mol. The summed E-state index contributed by atoms with van der Waals surface area (Å²) in [6, 6.07) is 7.20. The van der Waals surface area contributed by atoms with E-state index in [0.717, 1.165) is 22.2 Å². The monoisotopic (exact) mass is 326 g/mol. The zero-order valence-electron chi connectivity index (χ0n) is 9.88. The number of rotatable bonds is 2. The molecule has 0 aliphatic heterocycles. The van der Waals surface area contributed by atoms with Crippen molar-refractivity contribution in [3.8, 4) is 0 Å². The van der Waals surface area contributed by atoms with Gasteiger partial charge in [-0.1, -0.05) is 15.9 Å². The van der Waals surface area contributed by atoms with Gasteiger partial charge < -0.3 is 5.32 Å². The van der Waals surface area contributed by atoms with Crippen molar-refractivity contribution in [2.75, 3.05) is 5.32 Å². The smallest absolute Gasteiger partial charge is 0.256 e. The highest BCUT2D eigenvalue weighted by atomic mass is 79.9. The largest absolute Gasteiger partial charge is 0.318 e. The molecular formula is C13H9BrF2N2O. The molecule has 0 radical (unpaired) electrons. The Balaban J connectivity index is 2.25. The van der Waals surface area contributed by atoms with Gasteiger partial charge in [0.2, 0.25) is 11.9 Å². The molecule has 98 valence electrons. The number of nitrogens with zero attached hydrogens (tertiary/aromatic N) is 1. The second kappa shape index (κ2) is 5.44. The Labute approximate surface area is 116 Å². The molecule has 1 amide bonds. The fourth-order valence-electron chi connectivity index (χ4n) is 1.58. The molecule has 3 nitrogen and oxygen atoms in total. The van der Waals surface area contributed by atoms with Crippen molar-refractivity contribution < 1.29 is 13.6 Å². The number of hydrogen-bond acceptors (Lipinski definition) is 2. The molecule has 0 fully saturated rings. The first-order chi connectivity index (χ1) is 8.97. The summed E-state index contributed by atoms with van der Waals surface area (Å²) >= 11 is 3.29. The molecule has 2 aromatic rings. The predicted molar refractivity (Wildman–Crippen MR) is 71.0 cm³/mol. The van der Waals surface area contributed by atoms with Crippen LogP contribution >= 0.6 is 15.9 Å². The Morgan fingerprint density at radius 1 is 1.26 bits per heavy atom. The molecule has 0 bridgehead atoms. The van der Waals surface area contributed by atoms with Crippen LogP contribution in [0.3, 0.4) is 0 Å². The minimum atomic E-state index is -1.05. The molecule has 0 unspecified atom stereocenters. The number of aromatic nitrogens is 1. The second-order valence-electron chi connectivity index (χ2n) is 3.89. The number of nitrogens with one attached hydrogen (secondary N) is 1. The van der Waals surface area contributed by atoms with Gasteiger partial charge in [0.05, 0.1) is 5.69 Å². The van der Waals surface area contributed by atoms with E-state index in [0.29, 0.717) is 5.56 Å². The van der Waals surface area contributed by atoms with Crippen LogP contribution in [0.15, 0.2) is 34.8 Å². The van der Waals surface area contributed by atoms with Crippen LogP contribution in [0.25, 0.3) is 0 Å². The predicted octanol–water partition coefficient (Wildman–Crippen LogP) is 3.68. The molecule has 0 spiro atoms. The summed E-state index contributed by atoms with van der Waals surface area (Å²) in [6.07, 6.45) is 0. The molecule has 1 aromatic heterocycles. The van der Waals surface area contributed by atoms with Crippen LogP contribution in [0.1, 0.15) is 15.9 Å². The van der Waals surface area contributed by atoms with E-state index in [9.17, 15) is 13.6 Å². The number of pyridine rings is 1. The SMILES string of the molecule is Cc1cc(Br)ccc1C(=O)Nc1ccc(F)nc1F. The van der Waals surface area contributed by atoms with Gasteiger partial charge in [0.15, 0.2) is 0 Å². The van der Waals surface area contributed by atoms with E-state index in [-0.39, 0.29) is 5.69 Å². The van der Waals surface area contributed by atoms with E-state index in [1.165, 1.54) is 0 Å². The van der Waals surface area contributed by atoms with Crippen LogP contribution in [0.4, 0.5) is 14.5 Å². The van der Waals surface area contributed by atoms with Crippen molar-refractivity contribution in [3.63, 3.8) is 0 Å². The summed E-state index contributed by atoms with van der Waals surface area (Å²) in [5.41, 5.74) is 0.989. The minimum Gasteiger partial charge on any atom is -0.318 e. The molecule has 0 saturated carbocycles. The van der Waals surface area contributed by atoms with Crippen LogP contribution in [-0.2, 0) is 0 Å². The fourth-order valence-corrected chi connectivity index (χ4v) is 2.05. The first kappa shape index (κ1) is 13.6. The van der Waals surface area contributed by atoms with Crippen LogP contribution < -0.4 is 5.32 Å². The molecule has 0 saturated heterocycles. The Bertz CT molecular complexity index is 647. The topological polar surface area (TPSA) is 42.0 Å². The third kappa shape index (κ3) is 3.14. The average Bonchev–Trinajstić information content (AvgIpc) is 2.32. The molecule has 1 aromatic carbocycles. The first-order valence-corrected chi connectivity index (χ1v) is 6.16. The zero-order valence-corrected chi connectivity index (χ0v) is 11.5. The van der Waals surface area contributed by atoms with Crippen LogP contribution in [0.2, 0.25) is 0 Å². The van der Waals surface area contributed by atoms with E-state index in [4.69, 9.17) is 0 Å². The van der Waals surface area contributed by atoms with E-state index in [1.807, 2.05) is 0 Å². The lowest BCUT2D eigenvalue weighted by Gasteiger charge is -2.08. The first-order valence-electron chi connectivity index (χ1n) is 5.37. The van der Waals surface area contributed by atoms with Crippen molar-refractivity contribution in [1.29, 1.82) is 0 Å². The highest BCUT2D eigenvalue weighted by Crippen LogP contribution is 2.18. The van der Waals surface area contributed by atoms with E-state index in [2.05, 4.69) is 26.2 Å². The molecule has 0 aliphatic rings. The lowest BCUT2D eigenvalue weighted by atomic mass is 10.1. The summed E-state index contributed by atoms with van der Waals surface area (Å²) in [4.78, 5) is 15.0. The molecule has 0 atom stereocenters. The lowest BCUT2D eigenvalue weighted by molar-refractivity contribution is 0.102. The molecule has 1 N–H and O–H groups in total. The van der Waals surface area contributed by atoms with Gasteiger partial charge in [-0.05, 0) is 42.8 Å². The Kier molecular flexibility index (Phi) is 3.90. The Morgan fingerprint density at radius 2 is 2.00 bits per heavy atom. The van der Waals surface area contributed by atoms with Crippen LogP contribution in [0.5, 0.6) is 0 Å². The number of aryl methyl sites for hydroxylation is 1. The van der Waals surface area contributed by atoms with Crippen LogP contribution in [-0.4, -0.2) is 10.9 Å². The maximum absolute atomic E-state index is 13.3. The van der Waals surface area contributed by atoms with E-state index >= 15 is 0 Å². The number of halogens is 3. The normalized spacial score (nSPS) is 10.3. The highest BCUT2D eigenvalue weighted by Gasteiger charge is 2.13. The van der Waals surface area contributed by atoms with Crippen molar-refractivity contribution in [2.24, 2.45) is 0 Å². The molecule has 19 heavy (non-hydrogen) atoms. The standard InChI is InChI=1S/C13H9BrF2N2O/c1-7-6-8(14)2-3-9(7)13(19)17-10-4-5-11(15)18-12(10)16/h2-6H,1H3,(H,17,19). The van der Waals surface area contributed by atoms with Crippen molar-refractivity contribution in [3.05, 3.63) is 57.8 Å². The van der Waals surface area contributed by atoms with Gasteiger partial charge in [0, 0.05) is 10.0 Å². The number of hydrogen-bond donors (Lipinski definition) is 1. The van der Waals surface area contributed by atoms with E-state index in [1.54, 1.807) is 25.1 Å². The number of amides is 1. The summed E-state index contributed by atoms with van der Waals surface area (Å²) in [5.74, 6) is -2.46. The number of anilines is 1. The Hall–Kier alpha value is -1.82. The maximum Gasteiger partial charge on any atom is 0.256 e. The third-order valence-electron chi connectivity index (χ3n) is 2.50. The van der Waals surface area contributed by atoms with Crippen molar-refractivity contribution in [2.45, 2.75) is 6.92 Å². The maximum atomic E-state index is 13.3. The third-order valence-corrected chi connectivity index (χ3v) is 2.99.